The molecule has 0 unspecified atom stereocenters. The van der Waals surface area contributed by atoms with Crippen LogP contribution >= 0.6 is 0 Å². The number of H-pyrrole nitrogens is 1. The predicted molar refractivity (Wildman–Crippen MR) is 71.2 cm³/mol. The van der Waals surface area contributed by atoms with Crippen LogP contribution in [0.4, 0.5) is 10.3 Å². The van der Waals surface area contributed by atoms with Crippen LogP contribution in [0.3, 0.4) is 0 Å². The Labute approximate surface area is 124 Å². The lowest BCUT2D eigenvalue weighted by Crippen LogP contribution is -2.31. The minimum atomic E-state index is -0.895. The Balaban J connectivity index is 1.75. The maximum Gasteiger partial charge on any atom is 0.268 e. The van der Waals surface area contributed by atoms with E-state index in [1.54, 1.807) is 24.3 Å². The zero-order valence-corrected chi connectivity index (χ0v) is 11.1. The number of hydrogen-bond acceptors (Lipinski definition) is 5. The van der Waals surface area contributed by atoms with Gasteiger partial charge < -0.3 is 9.72 Å². The zero-order chi connectivity index (χ0) is 15.7. The first-order chi connectivity index (χ1) is 10.6. The molecule has 2 aromatic rings. The molecule has 2 N–H and O–H groups in total. The molecule has 0 fully saturated rings. The summed E-state index contributed by atoms with van der Waals surface area (Å²) in [5.41, 5.74) is 0.453. The van der Waals surface area contributed by atoms with Crippen LogP contribution in [-0.2, 0) is 11.2 Å². The normalized spacial score (nSPS) is 15.3. The van der Waals surface area contributed by atoms with E-state index < -0.39 is 17.8 Å². The molecule has 1 aromatic heterocycles. The van der Waals surface area contributed by atoms with Gasteiger partial charge in [-0.2, -0.15) is 10.5 Å². The van der Waals surface area contributed by atoms with Crippen LogP contribution in [0.25, 0.3) is 0 Å². The second kappa shape index (κ2) is 5.19. The number of nitriles is 2. The molecule has 22 heavy (non-hydrogen) atoms. The number of aromatic amines is 1. The molecular formula is C14H8FN5O2. The maximum atomic E-state index is 13.6. The Morgan fingerprint density at radius 3 is 2.91 bits per heavy atom. The lowest BCUT2D eigenvalue weighted by atomic mass is 10.1. The molecule has 0 saturated carbocycles. The molecule has 1 atom stereocenters. The molecule has 0 saturated heterocycles. The molecule has 0 bridgehead atoms. The highest BCUT2D eigenvalue weighted by Gasteiger charge is 2.31. The van der Waals surface area contributed by atoms with Crippen LogP contribution in [0, 0.1) is 28.5 Å². The van der Waals surface area contributed by atoms with Crippen molar-refractivity contribution >= 4 is 11.9 Å². The van der Waals surface area contributed by atoms with Crippen molar-refractivity contribution in [3.63, 3.8) is 0 Å². The first-order valence-corrected chi connectivity index (χ1v) is 6.27. The fourth-order valence-corrected chi connectivity index (χ4v) is 2.17. The van der Waals surface area contributed by atoms with E-state index in [1.807, 2.05) is 0 Å². The predicted octanol–water partition coefficient (Wildman–Crippen LogP) is 1.23. The minimum absolute atomic E-state index is 0.0295. The molecule has 3 rings (SSSR count). The van der Waals surface area contributed by atoms with Crippen LogP contribution in [-0.4, -0.2) is 22.0 Å². The van der Waals surface area contributed by atoms with Crippen LogP contribution < -0.4 is 10.1 Å². The van der Waals surface area contributed by atoms with Crippen LogP contribution in [0.15, 0.2) is 18.2 Å². The number of imidazole rings is 1. The van der Waals surface area contributed by atoms with Crippen molar-refractivity contribution in [2.45, 2.75) is 12.5 Å². The van der Waals surface area contributed by atoms with Crippen molar-refractivity contribution < 1.29 is 13.9 Å². The van der Waals surface area contributed by atoms with Gasteiger partial charge in [0.25, 0.3) is 5.91 Å². The summed E-state index contributed by atoms with van der Waals surface area (Å²) in [6.07, 6.45) is -0.663. The van der Waals surface area contributed by atoms with Gasteiger partial charge in [-0.1, -0.05) is 12.1 Å². The second-order valence-electron chi connectivity index (χ2n) is 4.56. The van der Waals surface area contributed by atoms with Crippen molar-refractivity contribution in [1.29, 1.82) is 10.5 Å². The van der Waals surface area contributed by atoms with Crippen LogP contribution in [0.1, 0.15) is 17.0 Å². The molecule has 1 amide bonds. The number of ether oxygens (including phenoxy) is 1. The van der Waals surface area contributed by atoms with Gasteiger partial charge in [-0.15, -0.1) is 0 Å². The summed E-state index contributed by atoms with van der Waals surface area (Å²) in [6, 6.07) is 7.97. The number of anilines is 1. The van der Waals surface area contributed by atoms with Gasteiger partial charge in [0, 0.05) is 12.0 Å². The largest absolute Gasteiger partial charge is 0.477 e. The first-order valence-electron chi connectivity index (χ1n) is 6.27. The molecule has 7 nitrogen and oxygen atoms in total. The maximum absolute atomic E-state index is 13.6. The number of rotatable bonds is 2. The molecular weight excluding hydrogens is 289 g/mol. The average Bonchev–Trinajstić information content (AvgIpc) is 3.11. The number of carbonyl (C=O) groups is 1. The van der Waals surface area contributed by atoms with Crippen LogP contribution in [0.5, 0.6) is 5.75 Å². The van der Waals surface area contributed by atoms with E-state index in [4.69, 9.17) is 15.3 Å². The Kier molecular flexibility index (Phi) is 3.20. The summed E-state index contributed by atoms with van der Waals surface area (Å²) >= 11 is 0. The summed E-state index contributed by atoms with van der Waals surface area (Å²) in [4.78, 5) is 18.4. The molecule has 1 aromatic carbocycles. The number of hydrogen-bond donors (Lipinski definition) is 2. The fraction of sp³-hybridized carbons (Fsp3) is 0.143. The van der Waals surface area contributed by atoms with Crippen LogP contribution in [0.2, 0.25) is 0 Å². The lowest BCUT2D eigenvalue weighted by Gasteiger charge is -2.09. The average molecular weight is 297 g/mol. The van der Waals surface area contributed by atoms with Gasteiger partial charge in [0.05, 0.1) is 0 Å². The first kappa shape index (κ1) is 13.6. The lowest BCUT2D eigenvalue weighted by molar-refractivity contribution is -0.122. The third-order valence-corrected chi connectivity index (χ3v) is 3.17. The standard InChI is InChI=1S/C14H8FN5O2/c15-8-3-1-2-7-4-11(22-12(7)8)13(21)20-14-18-9(5-16)10(6-17)19-14/h1-3,11H,4H2,(H2,18,19,20,21)/t11-/m1/s1. The molecule has 2 heterocycles. The summed E-state index contributed by atoms with van der Waals surface area (Å²) in [6.45, 7) is 0. The molecule has 1 aliphatic heterocycles. The number of carbonyl (C=O) groups excluding carboxylic acids is 1. The van der Waals surface area contributed by atoms with Gasteiger partial charge >= 0.3 is 0 Å². The van der Waals surface area contributed by atoms with Crippen molar-refractivity contribution in [3.05, 3.63) is 41.0 Å². The number of aromatic nitrogens is 2. The van der Waals surface area contributed by atoms with Gasteiger partial charge in [0.15, 0.2) is 29.1 Å². The minimum Gasteiger partial charge on any atom is -0.477 e. The van der Waals surface area contributed by atoms with Gasteiger partial charge in [-0.25, -0.2) is 9.37 Å². The highest BCUT2D eigenvalue weighted by atomic mass is 19.1. The third-order valence-electron chi connectivity index (χ3n) is 3.17. The quantitative estimate of drug-likeness (QED) is 0.865. The summed E-state index contributed by atoms with van der Waals surface area (Å²) in [5, 5.41) is 20.0. The Morgan fingerprint density at radius 1 is 1.45 bits per heavy atom. The molecule has 1 aliphatic rings. The van der Waals surface area contributed by atoms with E-state index in [0.717, 1.165) is 0 Å². The Morgan fingerprint density at radius 2 is 2.27 bits per heavy atom. The van der Waals surface area contributed by atoms with E-state index in [9.17, 15) is 9.18 Å². The molecule has 0 spiro atoms. The number of fused-ring (bicyclic) bond motifs is 1. The number of amides is 1. The third kappa shape index (κ3) is 2.23. The summed E-state index contributed by atoms with van der Waals surface area (Å²) in [7, 11) is 0. The van der Waals surface area contributed by atoms with E-state index in [0.29, 0.717) is 5.56 Å². The number of benzene rings is 1. The smallest absolute Gasteiger partial charge is 0.268 e. The van der Waals surface area contributed by atoms with Crippen molar-refractivity contribution in [3.8, 4) is 17.9 Å². The fourth-order valence-electron chi connectivity index (χ4n) is 2.17. The molecule has 0 radical (unpaired) electrons. The van der Waals surface area contributed by atoms with Gasteiger partial charge in [0.1, 0.15) is 12.1 Å². The number of halogens is 1. The van der Waals surface area contributed by atoms with Crippen molar-refractivity contribution in [2.75, 3.05) is 5.32 Å². The molecule has 8 heteroatoms. The number of nitrogens with zero attached hydrogens (tertiary/aromatic N) is 3. The Hall–Kier alpha value is -3.39. The van der Waals surface area contributed by atoms with Crippen molar-refractivity contribution in [2.24, 2.45) is 0 Å². The van der Waals surface area contributed by atoms with Crippen molar-refractivity contribution in [1.82, 2.24) is 9.97 Å². The topological polar surface area (TPSA) is 115 Å². The van der Waals surface area contributed by atoms with Gasteiger partial charge in [-0.05, 0) is 6.07 Å². The van der Waals surface area contributed by atoms with E-state index in [2.05, 4.69) is 15.3 Å². The highest BCUT2D eigenvalue weighted by Crippen LogP contribution is 2.31. The van der Waals surface area contributed by atoms with E-state index in [-0.39, 0.29) is 29.5 Å². The van der Waals surface area contributed by atoms with E-state index >= 15 is 0 Å². The number of nitrogens with one attached hydrogen (secondary N) is 2. The monoisotopic (exact) mass is 297 g/mol. The molecule has 108 valence electrons. The second-order valence-corrected chi connectivity index (χ2v) is 4.56. The summed E-state index contributed by atoms with van der Waals surface area (Å²) < 4.78 is 18.9. The Bertz CT molecular complexity index is 814. The number of para-hydroxylation sites is 1. The summed E-state index contributed by atoms with van der Waals surface area (Å²) in [5.74, 6) is -1.03. The molecule has 0 aliphatic carbocycles. The van der Waals surface area contributed by atoms with Gasteiger partial charge in [0.2, 0.25) is 5.95 Å². The SMILES string of the molecule is N#Cc1nc(NC(=O)[C@H]2Cc3cccc(F)c3O2)[nH]c1C#N. The van der Waals surface area contributed by atoms with Gasteiger partial charge in [-0.3, -0.25) is 10.1 Å². The highest BCUT2D eigenvalue weighted by molar-refractivity contribution is 5.93. The zero-order valence-electron chi connectivity index (χ0n) is 11.1. The van der Waals surface area contributed by atoms with E-state index in [1.165, 1.54) is 6.07 Å².